The highest BCUT2D eigenvalue weighted by molar-refractivity contribution is 5.95. The summed E-state index contributed by atoms with van der Waals surface area (Å²) >= 11 is 0. The smallest absolute Gasteiger partial charge is 0.338 e. The molecule has 5 heteroatoms. The van der Waals surface area contributed by atoms with Gasteiger partial charge in [-0.05, 0) is 24.8 Å². The van der Waals surface area contributed by atoms with Crippen molar-refractivity contribution in [1.82, 2.24) is 10.6 Å². The van der Waals surface area contributed by atoms with Crippen LogP contribution in [-0.2, 0) is 9.53 Å². The lowest BCUT2D eigenvalue weighted by molar-refractivity contribution is -0.149. The molecule has 0 saturated carbocycles. The van der Waals surface area contributed by atoms with Gasteiger partial charge in [-0.2, -0.15) is 0 Å². The molecule has 2 N–H and O–H groups in total. The van der Waals surface area contributed by atoms with Gasteiger partial charge in [0.25, 0.3) is 0 Å². The Bertz CT molecular complexity index is 629. The second kappa shape index (κ2) is 6.44. The van der Waals surface area contributed by atoms with Gasteiger partial charge in [-0.1, -0.05) is 51.1 Å². The summed E-state index contributed by atoms with van der Waals surface area (Å²) in [5, 5.41) is 5.45. The number of urea groups is 1. The number of hydrogen-bond donors (Lipinski definition) is 2. The van der Waals surface area contributed by atoms with Crippen molar-refractivity contribution in [3.63, 3.8) is 0 Å². The summed E-state index contributed by atoms with van der Waals surface area (Å²) in [5.41, 5.74) is 1.65. The maximum Gasteiger partial charge on any atom is 0.338 e. The van der Waals surface area contributed by atoms with Gasteiger partial charge < -0.3 is 15.4 Å². The van der Waals surface area contributed by atoms with Crippen LogP contribution < -0.4 is 10.6 Å². The predicted molar refractivity (Wildman–Crippen MR) is 88.6 cm³/mol. The van der Waals surface area contributed by atoms with Crippen LogP contribution in [0.5, 0.6) is 0 Å². The van der Waals surface area contributed by atoms with Crippen molar-refractivity contribution in [2.75, 3.05) is 0 Å². The van der Waals surface area contributed by atoms with E-state index in [0.717, 1.165) is 5.56 Å². The zero-order valence-electron chi connectivity index (χ0n) is 14.3. The Labute approximate surface area is 137 Å². The maximum absolute atomic E-state index is 12.7. The summed E-state index contributed by atoms with van der Waals surface area (Å²) in [6.07, 6.45) is -0.246. The van der Waals surface area contributed by atoms with Gasteiger partial charge in [0, 0.05) is 5.70 Å². The van der Waals surface area contributed by atoms with Gasteiger partial charge in [-0.25, -0.2) is 9.59 Å². The number of carbonyl (C=O) groups is 2. The fourth-order valence-corrected chi connectivity index (χ4v) is 2.26. The molecular weight excluding hydrogens is 292 g/mol. The fraction of sp³-hybridized carbons (Fsp3) is 0.444. The molecule has 0 spiro atoms. The Morgan fingerprint density at radius 2 is 1.83 bits per heavy atom. The van der Waals surface area contributed by atoms with Crippen LogP contribution in [0.25, 0.3) is 0 Å². The van der Waals surface area contributed by atoms with E-state index in [2.05, 4.69) is 10.6 Å². The van der Waals surface area contributed by atoms with E-state index in [0.29, 0.717) is 11.3 Å². The fourth-order valence-electron chi connectivity index (χ4n) is 2.26. The van der Waals surface area contributed by atoms with Gasteiger partial charge in [-0.3, -0.25) is 0 Å². The van der Waals surface area contributed by atoms with Gasteiger partial charge >= 0.3 is 12.0 Å². The lowest BCUT2D eigenvalue weighted by Gasteiger charge is -2.31. The number of allylic oxidation sites excluding steroid dienone is 1. The molecule has 1 aliphatic heterocycles. The minimum atomic E-state index is -0.510. The molecule has 0 aliphatic carbocycles. The van der Waals surface area contributed by atoms with Crippen molar-refractivity contribution >= 4 is 12.0 Å². The number of hydrogen-bond acceptors (Lipinski definition) is 3. The number of ether oxygens (including phenoxy) is 1. The third-order valence-electron chi connectivity index (χ3n) is 4.13. The first-order chi connectivity index (χ1) is 10.7. The van der Waals surface area contributed by atoms with Crippen LogP contribution in [0.4, 0.5) is 4.79 Å². The molecule has 0 bridgehead atoms. The van der Waals surface area contributed by atoms with Gasteiger partial charge in [0.15, 0.2) is 0 Å². The Hall–Kier alpha value is -2.30. The lowest BCUT2D eigenvalue weighted by atomic mass is 9.90. The van der Waals surface area contributed by atoms with E-state index in [-0.39, 0.29) is 17.6 Å². The lowest BCUT2D eigenvalue weighted by Crippen LogP contribution is -2.46. The minimum absolute atomic E-state index is 0.155. The average Bonchev–Trinajstić information content (AvgIpc) is 2.46. The number of nitrogens with one attached hydrogen (secondary N) is 2. The number of benzene rings is 1. The second-order valence-corrected chi connectivity index (χ2v) is 6.89. The van der Waals surface area contributed by atoms with Crippen molar-refractivity contribution in [2.45, 2.75) is 46.8 Å². The van der Waals surface area contributed by atoms with Crippen molar-refractivity contribution in [3.8, 4) is 0 Å². The van der Waals surface area contributed by atoms with E-state index < -0.39 is 12.0 Å². The van der Waals surface area contributed by atoms with Gasteiger partial charge in [0.1, 0.15) is 6.10 Å². The molecule has 5 nitrogen and oxygen atoms in total. The van der Waals surface area contributed by atoms with Gasteiger partial charge in [0.2, 0.25) is 0 Å². The molecule has 1 aromatic rings. The van der Waals surface area contributed by atoms with E-state index in [1.807, 2.05) is 58.0 Å². The van der Waals surface area contributed by atoms with Crippen LogP contribution in [0.3, 0.4) is 0 Å². The summed E-state index contributed by atoms with van der Waals surface area (Å²) in [4.78, 5) is 24.5. The number of rotatable bonds is 3. The average molecular weight is 316 g/mol. The normalized spacial score (nSPS) is 19.7. The summed E-state index contributed by atoms with van der Waals surface area (Å²) < 4.78 is 5.62. The molecule has 2 unspecified atom stereocenters. The van der Waals surface area contributed by atoms with Crippen molar-refractivity contribution in [2.24, 2.45) is 5.41 Å². The van der Waals surface area contributed by atoms with Crippen LogP contribution in [0.1, 0.15) is 46.2 Å². The molecule has 2 rings (SSSR count). The Morgan fingerprint density at radius 3 is 2.39 bits per heavy atom. The molecule has 2 amide bonds. The van der Waals surface area contributed by atoms with Gasteiger partial charge in [-0.15, -0.1) is 0 Å². The molecule has 23 heavy (non-hydrogen) atoms. The quantitative estimate of drug-likeness (QED) is 0.841. The molecule has 0 aromatic heterocycles. The van der Waals surface area contributed by atoms with Crippen LogP contribution >= 0.6 is 0 Å². The number of esters is 1. The number of amides is 2. The summed E-state index contributed by atoms with van der Waals surface area (Å²) in [5.74, 6) is -0.411. The zero-order valence-corrected chi connectivity index (χ0v) is 14.3. The molecule has 124 valence electrons. The second-order valence-electron chi connectivity index (χ2n) is 6.89. The maximum atomic E-state index is 12.7. The highest BCUT2D eigenvalue weighted by atomic mass is 16.5. The molecule has 2 atom stereocenters. The number of carbonyl (C=O) groups excluding carboxylic acids is 2. The van der Waals surface area contributed by atoms with Gasteiger partial charge in [0.05, 0.1) is 11.6 Å². The summed E-state index contributed by atoms with van der Waals surface area (Å²) in [6.45, 7) is 9.64. The molecule has 0 fully saturated rings. The molecule has 1 aromatic carbocycles. The van der Waals surface area contributed by atoms with E-state index in [4.69, 9.17) is 4.74 Å². The third-order valence-corrected chi connectivity index (χ3v) is 4.13. The summed E-state index contributed by atoms with van der Waals surface area (Å²) in [6, 6.07) is 8.57. The Morgan fingerprint density at radius 1 is 1.22 bits per heavy atom. The van der Waals surface area contributed by atoms with Crippen LogP contribution in [-0.4, -0.2) is 18.1 Å². The molecule has 1 aliphatic rings. The first-order valence-corrected chi connectivity index (χ1v) is 7.74. The highest BCUT2D eigenvalue weighted by Crippen LogP contribution is 2.29. The monoisotopic (exact) mass is 316 g/mol. The zero-order chi connectivity index (χ0) is 17.2. The molecule has 0 radical (unpaired) electrons. The summed E-state index contributed by atoms with van der Waals surface area (Å²) in [7, 11) is 0. The molecular formula is C18H24N2O3. The van der Waals surface area contributed by atoms with Crippen molar-refractivity contribution in [3.05, 3.63) is 47.2 Å². The van der Waals surface area contributed by atoms with E-state index in [1.165, 1.54) is 0 Å². The van der Waals surface area contributed by atoms with Crippen molar-refractivity contribution in [1.29, 1.82) is 0 Å². The standard InChI is InChI=1S/C18H24N2O3/c1-11-14(16(21)23-12(2)18(3,4)5)15(20-17(22)19-11)13-9-7-6-8-10-13/h6-10,12,15H,1-5H3,(H2,19,20,22). The SMILES string of the molecule is CC1=C(C(=O)OC(C)C(C)(C)C)C(c2ccccc2)NC(=O)N1. The van der Waals surface area contributed by atoms with Crippen LogP contribution in [0, 0.1) is 5.41 Å². The topological polar surface area (TPSA) is 67.4 Å². The van der Waals surface area contributed by atoms with E-state index >= 15 is 0 Å². The molecule has 1 heterocycles. The van der Waals surface area contributed by atoms with Crippen LogP contribution in [0.15, 0.2) is 41.6 Å². The van der Waals surface area contributed by atoms with Crippen LogP contribution in [0.2, 0.25) is 0 Å². The third kappa shape index (κ3) is 3.92. The first kappa shape index (κ1) is 17.1. The Balaban J connectivity index is 2.33. The van der Waals surface area contributed by atoms with E-state index in [9.17, 15) is 9.59 Å². The molecule has 0 saturated heterocycles. The highest BCUT2D eigenvalue weighted by Gasteiger charge is 2.34. The van der Waals surface area contributed by atoms with E-state index in [1.54, 1.807) is 6.92 Å². The predicted octanol–water partition coefficient (Wildman–Crippen LogP) is 3.29. The largest absolute Gasteiger partial charge is 0.459 e. The van der Waals surface area contributed by atoms with Crippen molar-refractivity contribution < 1.29 is 14.3 Å². The minimum Gasteiger partial charge on any atom is -0.459 e. The first-order valence-electron chi connectivity index (χ1n) is 7.74. The Kier molecular flexibility index (Phi) is 4.78.